The van der Waals surface area contributed by atoms with Crippen LogP contribution in [-0.2, 0) is 0 Å². The van der Waals surface area contributed by atoms with Crippen LogP contribution in [-0.4, -0.2) is 25.6 Å². The van der Waals surface area contributed by atoms with Gasteiger partial charge in [0.2, 0.25) is 0 Å². The highest BCUT2D eigenvalue weighted by atomic mass is 19.1. The number of halogens is 1. The zero-order chi connectivity index (χ0) is 12.1. The van der Waals surface area contributed by atoms with Crippen molar-refractivity contribution >= 4 is 5.96 Å². The Labute approximate surface area is 101 Å². The molecule has 0 aromatic heterocycles. The van der Waals surface area contributed by atoms with Crippen molar-refractivity contribution in [3.8, 4) is 0 Å². The van der Waals surface area contributed by atoms with Crippen molar-refractivity contribution < 1.29 is 4.39 Å². The zero-order valence-corrected chi connectivity index (χ0v) is 10.0. The Bertz CT molecular complexity index is 386. The summed E-state index contributed by atoms with van der Waals surface area (Å²) >= 11 is 0. The van der Waals surface area contributed by atoms with E-state index >= 15 is 0 Å². The van der Waals surface area contributed by atoms with Crippen molar-refractivity contribution in [3.05, 3.63) is 35.6 Å². The summed E-state index contributed by atoms with van der Waals surface area (Å²) in [4.78, 5) is 4.34. The highest BCUT2D eigenvalue weighted by Gasteiger charge is 2.08. The summed E-state index contributed by atoms with van der Waals surface area (Å²) in [5, 5.41) is 6.49. The van der Waals surface area contributed by atoms with Gasteiger partial charge in [-0.15, -0.1) is 0 Å². The Morgan fingerprint density at radius 2 is 2.18 bits per heavy atom. The summed E-state index contributed by atoms with van der Waals surface area (Å²) in [6.07, 6.45) is 1.10. The number of rotatable bonds is 3. The Hall–Kier alpha value is -1.58. The van der Waals surface area contributed by atoms with Gasteiger partial charge in [-0.25, -0.2) is 4.39 Å². The third-order valence-electron chi connectivity index (χ3n) is 2.91. The number of nitrogens with one attached hydrogen (secondary N) is 2. The lowest BCUT2D eigenvalue weighted by Crippen LogP contribution is -2.42. The van der Waals surface area contributed by atoms with Gasteiger partial charge in [-0.2, -0.15) is 0 Å². The summed E-state index contributed by atoms with van der Waals surface area (Å²) in [5.74, 6) is 1.03. The second-order valence-electron chi connectivity index (χ2n) is 4.34. The second kappa shape index (κ2) is 5.66. The minimum atomic E-state index is -0.188. The molecule has 3 nitrogen and oxygen atoms in total. The first-order valence-electron chi connectivity index (χ1n) is 6.03. The topological polar surface area (TPSA) is 36.4 Å². The highest BCUT2D eigenvalue weighted by molar-refractivity contribution is 5.80. The Kier molecular flexibility index (Phi) is 3.96. The molecule has 0 spiro atoms. The summed E-state index contributed by atoms with van der Waals surface area (Å²) < 4.78 is 12.8. The fraction of sp³-hybridized carbons (Fsp3) is 0.462. The third kappa shape index (κ3) is 3.44. The molecular formula is C13H18FN3. The number of aliphatic imine (C=N–C) groups is 1. The van der Waals surface area contributed by atoms with Gasteiger partial charge in [-0.05, 0) is 30.0 Å². The van der Waals surface area contributed by atoms with Gasteiger partial charge in [-0.3, -0.25) is 4.99 Å². The fourth-order valence-electron chi connectivity index (χ4n) is 1.81. The molecule has 1 unspecified atom stereocenters. The summed E-state index contributed by atoms with van der Waals surface area (Å²) in [5.41, 5.74) is 1.13. The maximum absolute atomic E-state index is 12.8. The third-order valence-corrected chi connectivity index (χ3v) is 2.91. The lowest BCUT2D eigenvalue weighted by molar-refractivity contribution is 0.623. The number of hydrogen-bond donors (Lipinski definition) is 2. The molecule has 4 heteroatoms. The molecule has 1 aliphatic rings. The number of hydrogen-bond acceptors (Lipinski definition) is 3. The lowest BCUT2D eigenvalue weighted by Gasteiger charge is -2.19. The molecule has 0 fully saturated rings. The van der Waals surface area contributed by atoms with Crippen LogP contribution >= 0.6 is 0 Å². The van der Waals surface area contributed by atoms with Crippen LogP contribution in [0.4, 0.5) is 4.39 Å². The van der Waals surface area contributed by atoms with Gasteiger partial charge in [0, 0.05) is 19.6 Å². The van der Waals surface area contributed by atoms with Crippen molar-refractivity contribution in [2.45, 2.75) is 19.3 Å². The molecule has 0 saturated heterocycles. The maximum atomic E-state index is 12.8. The quantitative estimate of drug-likeness (QED) is 0.839. The van der Waals surface area contributed by atoms with Gasteiger partial charge in [0.25, 0.3) is 0 Å². The van der Waals surface area contributed by atoms with Crippen LogP contribution < -0.4 is 10.6 Å². The molecule has 1 atom stereocenters. The molecule has 1 aromatic rings. The largest absolute Gasteiger partial charge is 0.356 e. The Morgan fingerprint density at radius 3 is 2.82 bits per heavy atom. The maximum Gasteiger partial charge on any atom is 0.191 e. The van der Waals surface area contributed by atoms with Crippen LogP contribution in [0.15, 0.2) is 29.3 Å². The van der Waals surface area contributed by atoms with E-state index in [9.17, 15) is 4.39 Å². The molecule has 1 aliphatic heterocycles. The van der Waals surface area contributed by atoms with E-state index in [-0.39, 0.29) is 5.82 Å². The van der Waals surface area contributed by atoms with Crippen molar-refractivity contribution in [3.63, 3.8) is 0 Å². The summed E-state index contributed by atoms with van der Waals surface area (Å²) in [6, 6.07) is 6.67. The van der Waals surface area contributed by atoms with Gasteiger partial charge in [0.15, 0.2) is 5.96 Å². The van der Waals surface area contributed by atoms with Gasteiger partial charge in [0.1, 0.15) is 5.82 Å². The van der Waals surface area contributed by atoms with Crippen molar-refractivity contribution in [2.24, 2.45) is 4.99 Å². The molecule has 0 radical (unpaired) electrons. The van der Waals surface area contributed by atoms with E-state index in [4.69, 9.17) is 0 Å². The lowest BCUT2D eigenvalue weighted by atomic mass is 10.0. The summed E-state index contributed by atoms with van der Waals surface area (Å²) in [7, 11) is 0. The first-order chi connectivity index (χ1) is 8.25. The number of guanidine groups is 1. The predicted molar refractivity (Wildman–Crippen MR) is 67.7 cm³/mol. The van der Waals surface area contributed by atoms with Crippen molar-refractivity contribution in [1.29, 1.82) is 0 Å². The fourth-order valence-corrected chi connectivity index (χ4v) is 1.81. The van der Waals surface area contributed by atoms with Gasteiger partial charge in [0.05, 0.1) is 0 Å². The normalized spacial score (nSPS) is 16.9. The number of nitrogens with zero attached hydrogens (tertiary/aromatic N) is 1. The molecule has 92 valence electrons. The Balaban J connectivity index is 1.86. The zero-order valence-electron chi connectivity index (χ0n) is 10.0. The van der Waals surface area contributed by atoms with Crippen LogP contribution in [0.3, 0.4) is 0 Å². The van der Waals surface area contributed by atoms with Crippen LogP contribution in [0.5, 0.6) is 0 Å². The van der Waals surface area contributed by atoms with Crippen molar-refractivity contribution in [1.82, 2.24) is 10.6 Å². The first-order valence-corrected chi connectivity index (χ1v) is 6.03. The minimum Gasteiger partial charge on any atom is -0.356 e. The van der Waals surface area contributed by atoms with Gasteiger partial charge >= 0.3 is 0 Å². The molecule has 17 heavy (non-hydrogen) atoms. The first kappa shape index (κ1) is 11.9. The molecule has 1 aromatic carbocycles. The van der Waals surface area contributed by atoms with Gasteiger partial charge < -0.3 is 10.6 Å². The molecule has 0 amide bonds. The van der Waals surface area contributed by atoms with E-state index in [0.29, 0.717) is 5.92 Å². The average Bonchev–Trinajstić information content (AvgIpc) is 2.38. The van der Waals surface area contributed by atoms with Crippen molar-refractivity contribution in [2.75, 3.05) is 19.6 Å². The SMILES string of the molecule is CC(CNC1=NCCCN1)c1ccc(F)cc1. The Morgan fingerprint density at radius 1 is 1.41 bits per heavy atom. The molecule has 2 N–H and O–H groups in total. The molecule has 0 saturated carbocycles. The van der Waals surface area contributed by atoms with E-state index in [1.165, 1.54) is 12.1 Å². The standard InChI is InChI=1S/C13H18FN3/c1-10(11-3-5-12(14)6-4-11)9-17-13-15-7-2-8-16-13/h3-6,10H,2,7-9H2,1H3,(H2,15,16,17). The summed E-state index contributed by atoms with van der Waals surface area (Å²) in [6.45, 7) is 4.79. The van der Waals surface area contributed by atoms with Crippen LogP contribution in [0.1, 0.15) is 24.8 Å². The average molecular weight is 235 g/mol. The molecule has 2 rings (SSSR count). The molecule has 1 heterocycles. The van der Waals surface area contributed by atoms with E-state index < -0.39 is 0 Å². The second-order valence-corrected chi connectivity index (χ2v) is 4.34. The van der Waals surface area contributed by atoms with E-state index in [1.54, 1.807) is 0 Å². The highest BCUT2D eigenvalue weighted by Crippen LogP contribution is 2.14. The smallest absolute Gasteiger partial charge is 0.191 e. The van der Waals surface area contributed by atoms with E-state index in [0.717, 1.165) is 37.6 Å². The van der Waals surface area contributed by atoms with E-state index in [2.05, 4.69) is 22.5 Å². The monoisotopic (exact) mass is 235 g/mol. The van der Waals surface area contributed by atoms with E-state index in [1.807, 2.05) is 12.1 Å². The molecular weight excluding hydrogens is 217 g/mol. The van der Waals surface area contributed by atoms with Crippen LogP contribution in [0.25, 0.3) is 0 Å². The molecule has 0 aliphatic carbocycles. The minimum absolute atomic E-state index is 0.188. The number of benzene rings is 1. The van der Waals surface area contributed by atoms with Gasteiger partial charge in [-0.1, -0.05) is 19.1 Å². The van der Waals surface area contributed by atoms with Crippen LogP contribution in [0.2, 0.25) is 0 Å². The predicted octanol–water partition coefficient (Wildman–Crippen LogP) is 1.87. The van der Waals surface area contributed by atoms with Crippen LogP contribution in [0, 0.1) is 5.82 Å². The molecule has 0 bridgehead atoms.